The SMILES string of the molecule is CCC(C)(CBr)NC(=O)c1cccc(C)c1O. The van der Waals surface area contributed by atoms with Crippen molar-refractivity contribution in [3.8, 4) is 5.75 Å². The quantitative estimate of drug-likeness (QED) is 0.840. The van der Waals surface area contributed by atoms with E-state index in [2.05, 4.69) is 21.2 Å². The number of alkyl halides is 1. The number of hydrogen-bond donors (Lipinski definition) is 2. The summed E-state index contributed by atoms with van der Waals surface area (Å²) in [5, 5.41) is 13.4. The molecule has 0 bridgehead atoms. The van der Waals surface area contributed by atoms with Crippen LogP contribution in [0.2, 0.25) is 0 Å². The second-order valence-corrected chi connectivity index (χ2v) is 5.03. The number of hydrogen-bond acceptors (Lipinski definition) is 2. The van der Waals surface area contributed by atoms with Crippen molar-refractivity contribution in [1.29, 1.82) is 0 Å². The van der Waals surface area contributed by atoms with Crippen molar-refractivity contribution in [1.82, 2.24) is 5.32 Å². The second kappa shape index (κ2) is 5.54. The molecule has 1 aromatic rings. The van der Waals surface area contributed by atoms with Gasteiger partial charge in [0.15, 0.2) is 0 Å². The van der Waals surface area contributed by atoms with Crippen molar-refractivity contribution >= 4 is 21.8 Å². The van der Waals surface area contributed by atoms with Crippen LogP contribution in [0.25, 0.3) is 0 Å². The number of rotatable bonds is 4. The van der Waals surface area contributed by atoms with Crippen LogP contribution in [-0.4, -0.2) is 21.9 Å². The first-order valence-electron chi connectivity index (χ1n) is 5.60. The number of nitrogens with one attached hydrogen (secondary N) is 1. The predicted octanol–water partition coefficient (Wildman–Crippen LogP) is 2.99. The van der Waals surface area contributed by atoms with Crippen LogP contribution in [0.15, 0.2) is 18.2 Å². The Labute approximate surface area is 110 Å². The number of carbonyl (C=O) groups is 1. The van der Waals surface area contributed by atoms with E-state index in [1.165, 1.54) is 0 Å². The lowest BCUT2D eigenvalue weighted by Gasteiger charge is -2.27. The summed E-state index contributed by atoms with van der Waals surface area (Å²) >= 11 is 3.39. The number of halogens is 1. The molecule has 1 unspecified atom stereocenters. The number of amides is 1. The van der Waals surface area contributed by atoms with E-state index in [0.29, 0.717) is 16.5 Å². The fourth-order valence-electron chi connectivity index (χ4n) is 1.40. The summed E-state index contributed by atoms with van der Waals surface area (Å²) in [6, 6.07) is 5.17. The van der Waals surface area contributed by atoms with Crippen LogP contribution in [0.4, 0.5) is 0 Å². The molecule has 0 radical (unpaired) electrons. The maximum absolute atomic E-state index is 12.1. The molecule has 0 aliphatic rings. The first kappa shape index (κ1) is 14.0. The third kappa shape index (κ3) is 3.22. The maximum Gasteiger partial charge on any atom is 0.255 e. The van der Waals surface area contributed by atoms with Gasteiger partial charge in [0.2, 0.25) is 0 Å². The smallest absolute Gasteiger partial charge is 0.255 e. The molecule has 0 spiro atoms. The van der Waals surface area contributed by atoms with E-state index in [1.807, 2.05) is 13.8 Å². The summed E-state index contributed by atoms with van der Waals surface area (Å²) in [6.07, 6.45) is 0.816. The minimum Gasteiger partial charge on any atom is -0.507 e. The van der Waals surface area contributed by atoms with E-state index in [-0.39, 0.29) is 17.2 Å². The number of phenolic OH excluding ortho intramolecular Hbond substituents is 1. The highest BCUT2D eigenvalue weighted by molar-refractivity contribution is 9.09. The Balaban J connectivity index is 2.94. The van der Waals surface area contributed by atoms with Crippen molar-refractivity contribution in [2.75, 3.05) is 5.33 Å². The first-order chi connectivity index (χ1) is 7.93. The van der Waals surface area contributed by atoms with Crippen LogP contribution < -0.4 is 5.32 Å². The van der Waals surface area contributed by atoms with Crippen LogP contribution in [0.5, 0.6) is 5.75 Å². The summed E-state index contributed by atoms with van der Waals surface area (Å²) < 4.78 is 0. The fourth-order valence-corrected chi connectivity index (χ4v) is 1.94. The van der Waals surface area contributed by atoms with Crippen LogP contribution in [0.3, 0.4) is 0 Å². The van der Waals surface area contributed by atoms with Gasteiger partial charge in [0, 0.05) is 10.9 Å². The number of benzene rings is 1. The minimum atomic E-state index is -0.298. The van der Waals surface area contributed by atoms with E-state index in [0.717, 1.165) is 6.42 Å². The number of aromatic hydroxyl groups is 1. The van der Waals surface area contributed by atoms with Crippen molar-refractivity contribution in [2.45, 2.75) is 32.7 Å². The van der Waals surface area contributed by atoms with Gasteiger partial charge in [-0.2, -0.15) is 0 Å². The zero-order valence-corrected chi connectivity index (χ0v) is 12.0. The van der Waals surface area contributed by atoms with Gasteiger partial charge in [0.1, 0.15) is 5.75 Å². The molecule has 1 atom stereocenters. The highest BCUT2D eigenvalue weighted by Gasteiger charge is 2.24. The lowest BCUT2D eigenvalue weighted by atomic mass is 10.0. The molecule has 0 saturated carbocycles. The summed E-state index contributed by atoms with van der Waals surface area (Å²) in [4.78, 5) is 12.1. The average Bonchev–Trinajstić information content (AvgIpc) is 2.32. The summed E-state index contributed by atoms with van der Waals surface area (Å²) in [7, 11) is 0. The van der Waals surface area contributed by atoms with Gasteiger partial charge >= 0.3 is 0 Å². The summed E-state index contributed by atoms with van der Waals surface area (Å²) in [5.41, 5.74) is 0.730. The molecule has 1 rings (SSSR count). The monoisotopic (exact) mass is 299 g/mol. The Kier molecular flexibility index (Phi) is 4.57. The van der Waals surface area contributed by atoms with Crippen molar-refractivity contribution in [3.05, 3.63) is 29.3 Å². The normalized spacial score (nSPS) is 14.1. The molecule has 94 valence electrons. The lowest BCUT2D eigenvalue weighted by Crippen LogP contribution is -2.46. The van der Waals surface area contributed by atoms with Crippen molar-refractivity contribution in [2.24, 2.45) is 0 Å². The highest BCUT2D eigenvalue weighted by atomic mass is 79.9. The predicted molar refractivity (Wildman–Crippen MR) is 72.8 cm³/mol. The Morgan fingerprint density at radius 3 is 2.71 bits per heavy atom. The van der Waals surface area contributed by atoms with Gasteiger partial charge in [0.05, 0.1) is 5.56 Å². The number of para-hydroxylation sites is 1. The third-order valence-electron chi connectivity index (χ3n) is 2.97. The van der Waals surface area contributed by atoms with E-state index in [1.54, 1.807) is 25.1 Å². The van der Waals surface area contributed by atoms with Crippen molar-refractivity contribution in [3.63, 3.8) is 0 Å². The molecule has 0 saturated heterocycles. The molecule has 0 fully saturated rings. The zero-order chi connectivity index (χ0) is 13.1. The van der Waals surface area contributed by atoms with Gasteiger partial charge in [-0.15, -0.1) is 0 Å². The summed E-state index contributed by atoms with van der Waals surface area (Å²) in [5.74, 6) is -0.187. The molecule has 0 aliphatic carbocycles. The van der Waals surface area contributed by atoms with Gasteiger partial charge in [-0.25, -0.2) is 0 Å². The molecular formula is C13H18BrNO2. The number of carbonyl (C=O) groups excluding carboxylic acids is 1. The van der Waals surface area contributed by atoms with Crippen LogP contribution in [0, 0.1) is 6.92 Å². The van der Waals surface area contributed by atoms with Gasteiger partial charge in [-0.3, -0.25) is 4.79 Å². The van der Waals surface area contributed by atoms with Gasteiger partial charge < -0.3 is 10.4 Å². The highest BCUT2D eigenvalue weighted by Crippen LogP contribution is 2.22. The lowest BCUT2D eigenvalue weighted by molar-refractivity contribution is 0.0910. The molecule has 1 amide bonds. The van der Waals surface area contributed by atoms with Gasteiger partial charge in [-0.1, -0.05) is 35.0 Å². The Morgan fingerprint density at radius 2 is 2.18 bits per heavy atom. The first-order valence-corrected chi connectivity index (χ1v) is 6.72. The molecular weight excluding hydrogens is 282 g/mol. The fraction of sp³-hybridized carbons (Fsp3) is 0.462. The Bertz CT molecular complexity index is 414. The zero-order valence-electron chi connectivity index (χ0n) is 10.4. The van der Waals surface area contributed by atoms with Crippen LogP contribution >= 0.6 is 15.9 Å². The molecule has 0 aromatic heterocycles. The van der Waals surface area contributed by atoms with Crippen molar-refractivity contribution < 1.29 is 9.90 Å². The molecule has 1 aromatic carbocycles. The molecule has 3 nitrogen and oxygen atoms in total. The van der Waals surface area contributed by atoms with Crippen LogP contribution in [-0.2, 0) is 0 Å². The number of phenols is 1. The standard InChI is InChI=1S/C13H18BrNO2/c1-4-13(3,8-14)15-12(17)10-7-5-6-9(2)11(10)16/h5-7,16H,4,8H2,1-3H3,(H,15,17). The maximum atomic E-state index is 12.1. The van der Waals surface area contributed by atoms with E-state index < -0.39 is 0 Å². The van der Waals surface area contributed by atoms with Crippen LogP contribution in [0.1, 0.15) is 36.2 Å². The molecule has 4 heteroatoms. The Hall–Kier alpha value is -1.03. The summed E-state index contributed by atoms with van der Waals surface area (Å²) in [6.45, 7) is 5.75. The van der Waals surface area contributed by atoms with E-state index in [4.69, 9.17) is 0 Å². The Morgan fingerprint density at radius 1 is 1.53 bits per heavy atom. The molecule has 0 aliphatic heterocycles. The number of aryl methyl sites for hydroxylation is 1. The van der Waals surface area contributed by atoms with E-state index in [9.17, 15) is 9.90 Å². The minimum absolute atomic E-state index is 0.0537. The molecule has 0 heterocycles. The van der Waals surface area contributed by atoms with Gasteiger partial charge in [-0.05, 0) is 31.9 Å². The molecule has 2 N–H and O–H groups in total. The van der Waals surface area contributed by atoms with Gasteiger partial charge in [0.25, 0.3) is 5.91 Å². The molecule has 17 heavy (non-hydrogen) atoms. The topological polar surface area (TPSA) is 49.3 Å². The van der Waals surface area contributed by atoms with E-state index >= 15 is 0 Å². The average molecular weight is 300 g/mol. The third-order valence-corrected chi connectivity index (χ3v) is 4.21. The second-order valence-electron chi connectivity index (χ2n) is 4.47. The largest absolute Gasteiger partial charge is 0.507 e.